The van der Waals surface area contributed by atoms with E-state index in [0.29, 0.717) is 38.5 Å². The van der Waals surface area contributed by atoms with Crippen LogP contribution in [0.2, 0.25) is 0 Å². The van der Waals surface area contributed by atoms with Crippen LogP contribution in [0.3, 0.4) is 0 Å². The summed E-state index contributed by atoms with van der Waals surface area (Å²) in [5.41, 5.74) is -12.7. The van der Waals surface area contributed by atoms with E-state index >= 15 is 4.57 Å². The van der Waals surface area contributed by atoms with Crippen LogP contribution >= 0.6 is 7.82 Å². The van der Waals surface area contributed by atoms with Crippen LogP contribution in [0, 0.1) is 35.5 Å². The zero-order valence-electron chi connectivity index (χ0n) is 61.2. The second-order valence-corrected chi connectivity index (χ2v) is 36.6. The van der Waals surface area contributed by atoms with Crippen LogP contribution in [0.15, 0.2) is 0 Å². The molecular formula is C66H135O16P. The molecule has 0 aliphatic rings. The summed E-state index contributed by atoms with van der Waals surface area (Å²) in [5, 5.41) is 0. The van der Waals surface area contributed by atoms with E-state index in [-0.39, 0.29) is 0 Å². The molecule has 0 saturated heterocycles. The monoisotopic (exact) mass is 1210 g/mol. The molecule has 6 unspecified atom stereocenters. The molecule has 6 atom stereocenters. The molecule has 500 valence electrons. The Hall–Kier alpha value is -0.370. The topological polar surface area (TPSA) is 156 Å². The van der Waals surface area contributed by atoms with Gasteiger partial charge in [0.1, 0.15) is 0 Å². The molecule has 0 rings (SSSR count). The van der Waals surface area contributed by atoms with Crippen LogP contribution in [0.1, 0.15) is 309 Å². The van der Waals surface area contributed by atoms with Gasteiger partial charge in [-0.3, -0.25) is 13.6 Å². The van der Waals surface area contributed by atoms with E-state index in [1.807, 2.05) is 228 Å². The van der Waals surface area contributed by atoms with E-state index in [0.717, 1.165) is 0 Å². The number of rotatable bonds is 36. The molecular weight excluding hydrogens is 1080 g/mol. The predicted octanol–water partition coefficient (Wildman–Crippen LogP) is 19.7. The molecule has 0 amide bonds. The maximum atomic E-state index is 17.8. The highest BCUT2D eigenvalue weighted by Gasteiger charge is 2.58. The lowest BCUT2D eigenvalue weighted by Gasteiger charge is -2.52. The third-order valence-corrected chi connectivity index (χ3v) is 16.5. The lowest BCUT2D eigenvalue weighted by Crippen LogP contribution is -2.52. The lowest BCUT2D eigenvalue weighted by atomic mass is 9.72. The van der Waals surface area contributed by atoms with E-state index in [4.69, 9.17) is 72.2 Å². The number of phosphoric acid groups is 1. The zero-order valence-corrected chi connectivity index (χ0v) is 62.1. The first-order valence-corrected chi connectivity index (χ1v) is 32.5. The average Bonchev–Trinajstić information content (AvgIpc) is 3.22. The molecule has 0 bridgehead atoms. The van der Waals surface area contributed by atoms with Gasteiger partial charge in [0.2, 0.25) is 0 Å². The van der Waals surface area contributed by atoms with Crippen molar-refractivity contribution in [2.75, 3.05) is 0 Å². The van der Waals surface area contributed by atoms with Gasteiger partial charge in [-0.15, -0.1) is 0 Å². The maximum absolute atomic E-state index is 17.8. The molecule has 0 aliphatic carbocycles. The second-order valence-electron chi connectivity index (χ2n) is 35.1. The van der Waals surface area contributed by atoms with Crippen molar-refractivity contribution >= 4 is 7.82 Å². The third-order valence-electron chi connectivity index (χ3n) is 14.7. The Balaban J connectivity index is 9.32. The second kappa shape index (κ2) is 29.3. The summed E-state index contributed by atoms with van der Waals surface area (Å²) in [6.07, 6.45) is 2.39. The van der Waals surface area contributed by atoms with Crippen molar-refractivity contribution in [3.05, 3.63) is 0 Å². The van der Waals surface area contributed by atoms with Gasteiger partial charge in [-0.05, 0) is 303 Å². The minimum Gasteiger partial charge on any atom is -0.280 e. The largest absolute Gasteiger partial charge is 0.476 e. The Morgan fingerprint density at radius 1 is 0.217 bits per heavy atom. The smallest absolute Gasteiger partial charge is 0.280 e. The van der Waals surface area contributed by atoms with Crippen LogP contribution in [0.4, 0.5) is 0 Å². The van der Waals surface area contributed by atoms with Gasteiger partial charge in [-0.2, -0.15) is 0 Å². The molecule has 0 aromatic rings. The van der Waals surface area contributed by atoms with E-state index in [1.54, 1.807) is 0 Å². The molecule has 0 fully saturated rings. The van der Waals surface area contributed by atoms with Crippen LogP contribution in [0.5, 0.6) is 0 Å². The summed E-state index contributed by atoms with van der Waals surface area (Å²) in [6, 6.07) is 0. The number of hydrogen-bond donors (Lipinski definition) is 0. The van der Waals surface area contributed by atoms with Crippen LogP contribution in [-0.2, 0) is 76.8 Å². The number of phosphoric ester groups is 1. The van der Waals surface area contributed by atoms with Gasteiger partial charge in [0.15, 0.2) is 0 Å². The molecule has 0 spiro atoms. The molecule has 0 aliphatic heterocycles. The lowest BCUT2D eigenvalue weighted by molar-refractivity contribution is -0.403. The summed E-state index contributed by atoms with van der Waals surface area (Å²) in [7, 11) is -4.98. The predicted molar refractivity (Wildman–Crippen MR) is 335 cm³/mol. The van der Waals surface area contributed by atoms with Crippen LogP contribution in [-0.4, -0.2) is 84.0 Å². The fourth-order valence-corrected chi connectivity index (χ4v) is 12.7. The van der Waals surface area contributed by atoms with Crippen LogP contribution in [0.25, 0.3) is 0 Å². The molecule has 83 heavy (non-hydrogen) atoms. The minimum absolute atomic E-state index is 0.398. The zero-order chi connectivity index (χ0) is 66.3. The summed E-state index contributed by atoms with van der Waals surface area (Å²) < 4.78 is 40.9. The molecule has 0 aromatic carbocycles. The summed E-state index contributed by atoms with van der Waals surface area (Å²) in [5.74, 6) is -2.47. The van der Waals surface area contributed by atoms with Gasteiger partial charge in [-0.1, -0.05) is 41.5 Å². The quantitative estimate of drug-likeness (QED) is 0.0331. The summed E-state index contributed by atoms with van der Waals surface area (Å²) >= 11 is 0. The van der Waals surface area contributed by atoms with Crippen LogP contribution < -0.4 is 0 Å². The minimum atomic E-state index is -4.98. The first kappa shape index (κ1) is 82.6. The SMILES string of the molecule is CC(CC(C)(C)OOC(C)(C)C)C(C)(OP(=O)(OC(C)(C(C)CC(C)(C)OOC(C)(C)C)C(C)CC(C)(C)OOC(C)(C)C)OC(C)(C(C)CC(C)(C)OOC(C)(C)C)C(C)CC(C)(C)OOC(C)(C)C)C(C)CC(C)(C)OOC(C)(C)C. The highest BCUT2D eigenvalue weighted by Crippen LogP contribution is 2.65. The molecule has 0 aromatic heterocycles. The molecule has 0 saturated carbocycles. The van der Waals surface area contributed by atoms with Crippen molar-refractivity contribution in [3.63, 3.8) is 0 Å². The first-order chi connectivity index (χ1) is 36.1. The Bertz CT molecular complexity index is 1620. The van der Waals surface area contributed by atoms with Gasteiger partial charge >= 0.3 is 7.82 Å². The molecule has 16 nitrogen and oxygen atoms in total. The van der Waals surface area contributed by atoms with E-state index in [2.05, 4.69) is 41.5 Å². The van der Waals surface area contributed by atoms with Gasteiger partial charge in [0, 0.05) is 0 Å². The fraction of sp³-hybridized carbons (Fsp3) is 1.00. The van der Waals surface area contributed by atoms with Crippen molar-refractivity contribution in [3.8, 4) is 0 Å². The van der Waals surface area contributed by atoms with Gasteiger partial charge in [-0.25, -0.2) is 63.2 Å². The normalized spacial score (nSPS) is 19.9. The highest BCUT2D eigenvalue weighted by atomic mass is 31.2. The summed E-state index contributed by atoms with van der Waals surface area (Å²) in [4.78, 5) is 73.5. The maximum Gasteiger partial charge on any atom is 0.476 e. The van der Waals surface area contributed by atoms with E-state index in [1.165, 1.54) is 0 Å². The van der Waals surface area contributed by atoms with Crippen molar-refractivity contribution < 1.29 is 76.8 Å². The van der Waals surface area contributed by atoms with Gasteiger partial charge in [0.25, 0.3) is 0 Å². The molecule has 0 N–H and O–H groups in total. The van der Waals surface area contributed by atoms with Gasteiger partial charge in [0.05, 0.1) is 84.0 Å². The Morgan fingerprint density at radius 3 is 0.422 bits per heavy atom. The van der Waals surface area contributed by atoms with Crippen molar-refractivity contribution in [1.82, 2.24) is 0 Å². The van der Waals surface area contributed by atoms with Crippen molar-refractivity contribution in [2.45, 2.75) is 393 Å². The molecule has 17 heteroatoms. The third kappa shape index (κ3) is 32.8. The van der Waals surface area contributed by atoms with Crippen molar-refractivity contribution in [2.24, 2.45) is 35.5 Å². The Labute approximate surface area is 510 Å². The van der Waals surface area contributed by atoms with E-state index in [9.17, 15) is 0 Å². The van der Waals surface area contributed by atoms with E-state index < -0.39 is 127 Å². The fourth-order valence-electron chi connectivity index (χ4n) is 10.0. The first-order valence-electron chi connectivity index (χ1n) is 31.1. The number of hydrogen-bond acceptors (Lipinski definition) is 16. The summed E-state index contributed by atoms with van der Waals surface area (Å²) in [6.45, 7) is 77.3. The Kier molecular flexibility index (Phi) is 29.1. The Morgan fingerprint density at radius 2 is 0.325 bits per heavy atom. The van der Waals surface area contributed by atoms with Crippen molar-refractivity contribution in [1.29, 1.82) is 0 Å². The van der Waals surface area contributed by atoms with Gasteiger partial charge < -0.3 is 0 Å². The molecule has 0 radical (unpaired) electrons. The highest BCUT2D eigenvalue weighted by molar-refractivity contribution is 7.48. The average molecular weight is 1220 g/mol. The standard InChI is InChI=1S/C66H135O16P/c1-46(40-58(25,26)74-68-52(7,8)9)64(37,47(2)41-59(27,28)75-69-53(10,11)12)80-83(67,81-65(38,48(3)42-60(29,30)76-70-54(13,14)15)49(4)43-61(31,32)77-71-55(16,17)18)82-66(39,50(5)44-62(33,34)78-72-56(19,20)21)51(6)45-63(35,36)79-73-57(22,23)24/h46-51H,40-45H2,1-39H3. The molecule has 0 heterocycles.